The number of likely N-dealkylation sites (N-methyl/N-ethyl adjacent to an activating group) is 2. The number of carboxylic acids is 1. The number of nitrogens with zero attached hydrogens (tertiary/aromatic N) is 5. The summed E-state index contributed by atoms with van der Waals surface area (Å²) in [5.41, 5.74) is -3.06. The molecule has 0 aliphatic carbocycles. The number of aromatic nitrogens is 2. The second-order valence-corrected chi connectivity index (χ2v) is 32.8. The second-order valence-electron chi connectivity index (χ2n) is 30.5. The average molecular weight is 1690 g/mol. The van der Waals surface area contributed by atoms with Crippen LogP contribution in [0.15, 0.2) is 90.2 Å². The third-order valence-corrected chi connectivity index (χ3v) is 22.2. The first-order valence-electron chi connectivity index (χ1n) is 38.4. The van der Waals surface area contributed by atoms with Gasteiger partial charge in [0.2, 0.25) is 76.8 Å². The van der Waals surface area contributed by atoms with Crippen LogP contribution in [0.3, 0.4) is 0 Å². The molecule has 42 heteroatoms. The minimum atomic E-state index is -4.84. The first kappa shape index (κ1) is 91.3. The molecule has 1 spiro atoms. The number of fused-ring (bicyclic) bond motifs is 4. The number of aromatic amines is 2. The number of benzene rings is 3. The summed E-state index contributed by atoms with van der Waals surface area (Å²) in [5.74, 6) is -17.5. The van der Waals surface area contributed by atoms with Crippen molar-refractivity contribution in [2.24, 2.45) is 10.9 Å². The second kappa shape index (κ2) is 38.8. The topological polar surface area (TPSA) is 540 Å². The van der Waals surface area contributed by atoms with E-state index in [4.69, 9.17) is 9.73 Å². The fourth-order valence-electron chi connectivity index (χ4n) is 14.7. The van der Waals surface area contributed by atoms with Crippen LogP contribution in [0.1, 0.15) is 89.0 Å². The molecule has 2 aromatic heterocycles. The van der Waals surface area contributed by atoms with Crippen LogP contribution in [-0.2, 0) is 107 Å². The molecule has 6 heterocycles. The van der Waals surface area contributed by atoms with Crippen molar-refractivity contribution in [2.75, 3.05) is 78.7 Å². The van der Waals surface area contributed by atoms with E-state index in [0.29, 0.717) is 56.4 Å². The van der Waals surface area contributed by atoms with E-state index in [1.54, 1.807) is 86.6 Å². The first-order chi connectivity index (χ1) is 56.1. The summed E-state index contributed by atoms with van der Waals surface area (Å²) in [6.07, 6.45) is -4.33. The van der Waals surface area contributed by atoms with Gasteiger partial charge in [-0.15, -0.1) is 0 Å². The van der Waals surface area contributed by atoms with Gasteiger partial charge >= 0.3 is 12.1 Å². The molecule has 16 N–H and O–H groups in total. The van der Waals surface area contributed by atoms with Gasteiger partial charge in [-0.25, -0.2) is 18.2 Å². The number of hydrogen-bond donors (Lipinski definition) is 16. The van der Waals surface area contributed by atoms with Gasteiger partial charge in [0.25, 0.3) is 0 Å². The van der Waals surface area contributed by atoms with E-state index in [-0.39, 0.29) is 56.8 Å². The number of aliphatic hydroxyl groups is 3. The van der Waals surface area contributed by atoms with Crippen LogP contribution in [0.2, 0.25) is 0 Å². The van der Waals surface area contributed by atoms with E-state index >= 15 is 19.2 Å². The van der Waals surface area contributed by atoms with Gasteiger partial charge < -0.3 is 108 Å². The fraction of sp³-hybridized carbons (Fsp3) is 0.519. The number of amides is 13. The van der Waals surface area contributed by atoms with E-state index in [2.05, 4.69) is 57.8 Å². The van der Waals surface area contributed by atoms with Crippen molar-refractivity contribution in [2.45, 2.75) is 170 Å². The molecule has 13 atom stereocenters. The molecule has 0 saturated carbocycles. The van der Waals surface area contributed by atoms with Crippen molar-refractivity contribution in [1.29, 1.82) is 0 Å². The number of para-hydroxylation sites is 2. The minimum absolute atomic E-state index is 0.00247. The Hall–Kier alpha value is -11.6. The largest absolute Gasteiger partial charge is 0.480 e. The maximum absolute atomic E-state index is 15.5. The number of amidine groups is 1. The van der Waals surface area contributed by atoms with Crippen molar-refractivity contribution in [3.05, 3.63) is 107 Å². The molecule has 119 heavy (non-hydrogen) atoms. The van der Waals surface area contributed by atoms with Gasteiger partial charge in [0.05, 0.1) is 56.8 Å². The molecule has 0 unspecified atom stereocenters. The lowest BCUT2D eigenvalue weighted by atomic mass is 9.93. The molecular formula is C77H100F3N17O21S. The van der Waals surface area contributed by atoms with Crippen molar-refractivity contribution < 1.29 is 114 Å². The van der Waals surface area contributed by atoms with Gasteiger partial charge in [-0.1, -0.05) is 62.4 Å². The van der Waals surface area contributed by atoms with Gasteiger partial charge in [0.15, 0.2) is 11.5 Å². The maximum Gasteiger partial charge on any atom is 0.416 e. The lowest BCUT2D eigenvalue weighted by Gasteiger charge is -2.37. The quantitative estimate of drug-likeness (QED) is 0.0322. The zero-order valence-electron chi connectivity index (χ0n) is 66.5. The average Bonchev–Trinajstić information content (AvgIpc) is 1.54. The van der Waals surface area contributed by atoms with Crippen LogP contribution < -0.4 is 53.2 Å². The number of carboxylic acid groups (broad SMARTS) is 1. The van der Waals surface area contributed by atoms with E-state index in [1.807, 2.05) is 5.32 Å². The molecule has 13 amide bonds. The predicted molar refractivity (Wildman–Crippen MR) is 418 cm³/mol. The Morgan fingerprint density at radius 1 is 0.723 bits per heavy atom. The number of halogens is 3. The lowest BCUT2D eigenvalue weighted by Crippen LogP contribution is -2.66. The molecule has 0 bridgehead atoms. The number of nitrogens with one attached hydrogen (secondary N) is 12. The van der Waals surface area contributed by atoms with Crippen molar-refractivity contribution in [1.82, 2.24) is 82.7 Å². The summed E-state index contributed by atoms with van der Waals surface area (Å²) in [6.45, 7) is 2.19. The van der Waals surface area contributed by atoms with Crippen LogP contribution >= 0.6 is 0 Å². The number of ether oxygens (including phenoxy) is 1. The fourth-order valence-corrected chi connectivity index (χ4v) is 15.3. The number of carbonyl (C=O) groups is 14. The van der Waals surface area contributed by atoms with Gasteiger partial charge in [-0.2, -0.15) is 13.2 Å². The Morgan fingerprint density at radius 2 is 1.29 bits per heavy atom. The number of hydrogen-bond acceptors (Lipinski definition) is 22. The predicted octanol–water partition coefficient (Wildman–Crippen LogP) is -3.36. The Labute approximate surface area is 680 Å². The third-order valence-electron chi connectivity index (χ3n) is 21.2. The number of H-pyrrole nitrogens is 2. The molecule has 4 aliphatic heterocycles. The summed E-state index contributed by atoms with van der Waals surface area (Å²) >= 11 is 0. The SMILES string of the molecule is CCO[C@@H]1C[C@H]2C(=O)N[C@@H](CO)C(=O)N[C@](C)(C(=O)N(C)[C@@H](CO)C(=O)N[C@@H](CCS(C)(=O)=O)C(=O)N[C@@H](CO)C(=O)O)CC(=O)N[C@@H](C)C(=O)N[C@@H](Cc3ccc(C(F)(F)F)cc3)C(=O)N[C@@H](Cc3c[nH]c4ccccc34)C(=O)N[C@@H](Cc3c[nH]c4ccccc34)C(=O)N[C@@H](C(C)C)C(=O)N(C)CC(=O)NCC(=O)N3CCC[C@]34N=C4N2C1. The van der Waals surface area contributed by atoms with Gasteiger partial charge in [-0.05, 0) is 80.5 Å². The molecule has 4 aliphatic rings. The van der Waals surface area contributed by atoms with E-state index in [9.17, 15) is 90.0 Å². The zero-order chi connectivity index (χ0) is 87.3. The first-order valence-corrected chi connectivity index (χ1v) is 40.5. The highest BCUT2D eigenvalue weighted by Crippen LogP contribution is 2.45. The van der Waals surface area contributed by atoms with Crippen LogP contribution in [0.5, 0.6) is 0 Å². The normalized spacial score (nSPS) is 24.8. The maximum atomic E-state index is 15.5. The summed E-state index contributed by atoms with van der Waals surface area (Å²) < 4.78 is 72.9. The lowest BCUT2D eigenvalue weighted by molar-refractivity contribution is -0.149. The van der Waals surface area contributed by atoms with Gasteiger partial charge in [0, 0.05) is 106 Å². The summed E-state index contributed by atoms with van der Waals surface area (Å²) in [4.78, 5) is 218. The van der Waals surface area contributed by atoms with E-state index in [1.165, 1.54) is 11.9 Å². The molecule has 5 aromatic rings. The Balaban J connectivity index is 1.10. The van der Waals surface area contributed by atoms with E-state index in [0.717, 1.165) is 44.2 Å². The summed E-state index contributed by atoms with van der Waals surface area (Å²) in [5, 5.41) is 66.8. The highest BCUT2D eigenvalue weighted by molar-refractivity contribution is 7.90. The van der Waals surface area contributed by atoms with E-state index < -0.39 is 246 Å². The molecule has 9 rings (SSSR count). The van der Waals surface area contributed by atoms with Gasteiger partial charge in [0.1, 0.15) is 75.8 Å². The van der Waals surface area contributed by atoms with Crippen LogP contribution in [0.25, 0.3) is 21.8 Å². The number of aliphatic hydroxyl groups excluding tert-OH is 3. The summed E-state index contributed by atoms with van der Waals surface area (Å²) in [6, 6.07) is -0.551. The number of sulfone groups is 1. The monoisotopic (exact) mass is 1690 g/mol. The molecule has 38 nitrogen and oxygen atoms in total. The van der Waals surface area contributed by atoms with Gasteiger partial charge in [-0.3, -0.25) is 62.3 Å². The van der Waals surface area contributed by atoms with Crippen LogP contribution in [0.4, 0.5) is 13.2 Å². The highest BCUT2D eigenvalue weighted by atomic mass is 32.2. The Morgan fingerprint density at radius 3 is 1.83 bits per heavy atom. The van der Waals surface area contributed by atoms with Crippen LogP contribution in [-0.4, -0.2) is 303 Å². The molecule has 3 fully saturated rings. The number of aliphatic carboxylic acids is 1. The van der Waals surface area contributed by atoms with Crippen molar-refractivity contribution in [3.63, 3.8) is 0 Å². The van der Waals surface area contributed by atoms with Crippen molar-refractivity contribution >= 4 is 120 Å². The zero-order valence-corrected chi connectivity index (χ0v) is 67.4. The smallest absolute Gasteiger partial charge is 0.416 e. The molecular weight excluding hydrogens is 1590 g/mol. The Kier molecular flexibility index (Phi) is 29.8. The number of carbonyl (C=O) groups excluding carboxylic acids is 13. The molecule has 3 aromatic carbocycles. The number of rotatable bonds is 22. The highest BCUT2D eigenvalue weighted by Gasteiger charge is 2.62. The molecule has 646 valence electrons. The molecule has 0 radical (unpaired) electrons. The third kappa shape index (κ3) is 22.6. The Bertz CT molecular complexity index is 4810. The molecule has 3 saturated heterocycles. The summed E-state index contributed by atoms with van der Waals surface area (Å²) in [7, 11) is -1.78. The van der Waals surface area contributed by atoms with Crippen molar-refractivity contribution in [3.8, 4) is 0 Å². The standard InChI is InChI=1S/C77H100F3N17O21S/c1-9-118-46-30-57-69(110)89-55(37-98)68(109)92-75(5,74(115)95(7)58(39-100)70(111)85-51(23-26-119(8,116)117)64(105)90-56(38-99)72(113)114)31-59(101)84-41(4)63(104)86-52(27-42-19-21-45(22-20-42)77(78,79)80)65(106)87-53(28-43-32-81-49-17-12-10-15-47(43)49)66(107)88-54(29-44-33-82-50-18-13-11-16-48(44)50)67(108)91-62(40(2)3)71(112)94(6)36-60(102)83-34-61(103)97-25-14-24-76(97)73(93-76)96(57)35-46/h10-13,15-22,32-33,40-41,46,51-58,62,81-82,98-100H,9,14,23-31,34-39H2,1-8H3,(H,83,102)(H,84,101)(H,85,111)(H,86,104)(H,87,106)(H,88,107)(H,89,110)(H,90,105)(H,91,108)(H,92,109)(H,113,114)/t41-,46+,51-,52-,53-,54-,55-,56-,57-,58-,62-,75-,76-/m0/s1. The van der Waals surface area contributed by atoms with Crippen LogP contribution in [0, 0.1) is 5.92 Å². The minimum Gasteiger partial charge on any atom is -0.480 e. The number of aliphatic imine (C=N–C) groups is 1. The number of alkyl halides is 3.